The number of aryl methyl sites for hydroxylation is 2. The molecular formula is C18H26N4O. The summed E-state index contributed by atoms with van der Waals surface area (Å²) < 4.78 is 8.09. The van der Waals surface area contributed by atoms with Crippen LogP contribution < -0.4 is 10.6 Å². The fourth-order valence-corrected chi connectivity index (χ4v) is 3.71. The van der Waals surface area contributed by atoms with E-state index in [1.54, 1.807) is 0 Å². The van der Waals surface area contributed by atoms with Crippen LogP contribution in [0.2, 0.25) is 0 Å². The molecule has 2 saturated heterocycles. The van der Waals surface area contributed by atoms with Crippen molar-refractivity contribution < 1.29 is 4.74 Å². The summed E-state index contributed by atoms with van der Waals surface area (Å²) >= 11 is 0. The van der Waals surface area contributed by atoms with Crippen molar-refractivity contribution in [3.63, 3.8) is 0 Å². The largest absolute Gasteiger partial charge is 0.364 e. The average Bonchev–Trinajstić information content (AvgIpc) is 3.20. The molecule has 2 atom stereocenters. The van der Waals surface area contributed by atoms with Gasteiger partial charge in [0, 0.05) is 24.6 Å². The van der Waals surface area contributed by atoms with Crippen molar-refractivity contribution in [3.8, 4) is 0 Å². The summed E-state index contributed by atoms with van der Waals surface area (Å²) in [6, 6.07) is 4.86. The molecule has 4 rings (SSSR count). The summed E-state index contributed by atoms with van der Waals surface area (Å²) in [6.07, 6.45) is 4.65. The molecule has 2 unspecified atom stereocenters. The Hall–Kier alpha value is -1.59. The number of ether oxygens (including phenoxy) is 1. The maximum Gasteiger partial charge on any atom is 0.156 e. The normalized spacial score (nSPS) is 25.1. The average molecular weight is 314 g/mol. The summed E-state index contributed by atoms with van der Waals surface area (Å²) in [6.45, 7) is 7.30. The van der Waals surface area contributed by atoms with E-state index in [9.17, 15) is 0 Å². The molecule has 0 bridgehead atoms. The molecule has 2 aliphatic heterocycles. The highest BCUT2D eigenvalue weighted by Crippen LogP contribution is 2.33. The third-order valence-electron chi connectivity index (χ3n) is 5.23. The van der Waals surface area contributed by atoms with E-state index in [1.807, 2.05) is 0 Å². The van der Waals surface area contributed by atoms with Crippen LogP contribution in [0.4, 0.5) is 5.82 Å². The van der Waals surface area contributed by atoms with Crippen LogP contribution in [-0.4, -0.2) is 35.5 Å². The molecule has 5 nitrogen and oxygen atoms in total. The van der Waals surface area contributed by atoms with Crippen LogP contribution in [0, 0.1) is 13.8 Å². The highest BCUT2D eigenvalue weighted by Gasteiger charge is 2.24. The van der Waals surface area contributed by atoms with E-state index in [1.165, 1.54) is 28.5 Å². The van der Waals surface area contributed by atoms with E-state index in [0.29, 0.717) is 6.04 Å². The van der Waals surface area contributed by atoms with Crippen LogP contribution in [0.15, 0.2) is 12.1 Å². The predicted octanol–water partition coefficient (Wildman–Crippen LogP) is 3.13. The summed E-state index contributed by atoms with van der Waals surface area (Å²) in [7, 11) is 0. The number of anilines is 1. The Labute approximate surface area is 137 Å². The molecule has 2 aliphatic rings. The van der Waals surface area contributed by atoms with Gasteiger partial charge in [-0.05, 0) is 63.3 Å². The Morgan fingerprint density at radius 1 is 1.26 bits per heavy atom. The summed E-state index contributed by atoms with van der Waals surface area (Å²) in [5.41, 5.74) is 3.82. The molecule has 2 fully saturated rings. The zero-order chi connectivity index (χ0) is 15.8. The number of nitrogens with one attached hydrogen (secondary N) is 2. The van der Waals surface area contributed by atoms with E-state index in [2.05, 4.69) is 41.3 Å². The fraction of sp³-hybridized carbons (Fsp3) is 0.611. The highest BCUT2D eigenvalue weighted by molar-refractivity contribution is 5.94. The van der Waals surface area contributed by atoms with Gasteiger partial charge in [-0.2, -0.15) is 5.10 Å². The number of fused-ring (bicyclic) bond motifs is 1. The van der Waals surface area contributed by atoms with Crippen molar-refractivity contribution in [3.05, 3.63) is 23.3 Å². The molecule has 0 amide bonds. The van der Waals surface area contributed by atoms with Crippen LogP contribution in [-0.2, 0) is 4.74 Å². The molecule has 0 aliphatic carbocycles. The van der Waals surface area contributed by atoms with E-state index in [4.69, 9.17) is 9.84 Å². The number of nitrogens with zero attached hydrogens (tertiary/aromatic N) is 2. The van der Waals surface area contributed by atoms with E-state index < -0.39 is 0 Å². The zero-order valence-corrected chi connectivity index (χ0v) is 14.1. The third kappa shape index (κ3) is 2.72. The maximum atomic E-state index is 5.99. The van der Waals surface area contributed by atoms with Gasteiger partial charge in [-0.1, -0.05) is 6.07 Å². The number of aromatic nitrogens is 2. The quantitative estimate of drug-likeness (QED) is 0.914. The number of benzene rings is 1. The smallest absolute Gasteiger partial charge is 0.156 e. The first-order valence-electron chi connectivity index (χ1n) is 8.81. The minimum Gasteiger partial charge on any atom is -0.364 e. The van der Waals surface area contributed by atoms with Gasteiger partial charge in [0.25, 0.3) is 0 Å². The van der Waals surface area contributed by atoms with Gasteiger partial charge in [-0.15, -0.1) is 0 Å². The van der Waals surface area contributed by atoms with Gasteiger partial charge in [-0.3, -0.25) is 0 Å². The van der Waals surface area contributed by atoms with Gasteiger partial charge in [0.15, 0.2) is 12.0 Å². The van der Waals surface area contributed by atoms with E-state index in [0.717, 1.165) is 44.8 Å². The monoisotopic (exact) mass is 314 g/mol. The van der Waals surface area contributed by atoms with Gasteiger partial charge < -0.3 is 15.4 Å². The third-order valence-corrected chi connectivity index (χ3v) is 5.23. The SMILES string of the molecule is Cc1ccc2c(c(NC3CCNC3)nn2C2CCCCO2)c1C. The minimum atomic E-state index is 0.0746. The van der Waals surface area contributed by atoms with Gasteiger partial charge in [0.05, 0.1) is 5.52 Å². The first-order chi connectivity index (χ1) is 11.2. The Kier molecular flexibility index (Phi) is 3.99. The predicted molar refractivity (Wildman–Crippen MR) is 92.9 cm³/mol. The molecule has 5 heteroatoms. The second-order valence-electron chi connectivity index (χ2n) is 6.85. The van der Waals surface area contributed by atoms with Gasteiger partial charge in [0.2, 0.25) is 0 Å². The molecule has 1 aromatic carbocycles. The van der Waals surface area contributed by atoms with Crippen LogP contribution in [0.1, 0.15) is 43.0 Å². The fourth-order valence-electron chi connectivity index (χ4n) is 3.71. The second kappa shape index (κ2) is 6.13. The van der Waals surface area contributed by atoms with Crippen molar-refractivity contribution in [2.45, 2.75) is 51.8 Å². The standard InChI is InChI=1S/C18H26N4O/c1-12-6-7-15-17(13(12)2)18(20-14-8-9-19-11-14)21-22(15)16-5-3-4-10-23-16/h6-7,14,16,19H,3-5,8-11H2,1-2H3,(H,20,21). The lowest BCUT2D eigenvalue weighted by molar-refractivity contribution is -0.0365. The van der Waals surface area contributed by atoms with Crippen molar-refractivity contribution in [1.29, 1.82) is 0 Å². The zero-order valence-electron chi connectivity index (χ0n) is 14.1. The van der Waals surface area contributed by atoms with Crippen molar-refractivity contribution >= 4 is 16.7 Å². The lowest BCUT2D eigenvalue weighted by Crippen LogP contribution is -2.23. The Bertz CT molecular complexity index is 697. The van der Waals surface area contributed by atoms with E-state index in [-0.39, 0.29) is 6.23 Å². The summed E-state index contributed by atoms with van der Waals surface area (Å²) in [4.78, 5) is 0. The molecule has 0 saturated carbocycles. The molecule has 1 aromatic heterocycles. The Morgan fingerprint density at radius 2 is 2.17 bits per heavy atom. The molecule has 0 spiro atoms. The number of rotatable bonds is 3. The molecule has 0 radical (unpaired) electrons. The lowest BCUT2D eigenvalue weighted by Gasteiger charge is -2.23. The highest BCUT2D eigenvalue weighted by atomic mass is 16.5. The lowest BCUT2D eigenvalue weighted by atomic mass is 10.0. The van der Waals surface area contributed by atoms with Crippen molar-refractivity contribution in [1.82, 2.24) is 15.1 Å². The Morgan fingerprint density at radius 3 is 2.91 bits per heavy atom. The molecule has 2 aromatic rings. The van der Waals surface area contributed by atoms with Crippen LogP contribution >= 0.6 is 0 Å². The molecule has 2 N–H and O–H groups in total. The Balaban J connectivity index is 1.78. The topological polar surface area (TPSA) is 51.1 Å². The van der Waals surface area contributed by atoms with Crippen molar-refractivity contribution in [2.75, 3.05) is 25.0 Å². The maximum absolute atomic E-state index is 5.99. The molecule has 3 heterocycles. The van der Waals surface area contributed by atoms with Crippen LogP contribution in [0.5, 0.6) is 0 Å². The number of hydrogen-bond donors (Lipinski definition) is 2. The summed E-state index contributed by atoms with van der Waals surface area (Å²) in [5, 5.41) is 13.3. The van der Waals surface area contributed by atoms with Gasteiger partial charge >= 0.3 is 0 Å². The molecule has 23 heavy (non-hydrogen) atoms. The van der Waals surface area contributed by atoms with Gasteiger partial charge in [-0.25, -0.2) is 4.68 Å². The summed E-state index contributed by atoms with van der Waals surface area (Å²) in [5.74, 6) is 1.02. The molecular weight excluding hydrogens is 288 g/mol. The second-order valence-corrected chi connectivity index (χ2v) is 6.85. The molecule has 124 valence electrons. The number of hydrogen-bond acceptors (Lipinski definition) is 4. The minimum absolute atomic E-state index is 0.0746. The first-order valence-corrected chi connectivity index (χ1v) is 8.81. The van der Waals surface area contributed by atoms with Gasteiger partial charge in [0.1, 0.15) is 0 Å². The van der Waals surface area contributed by atoms with Crippen LogP contribution in [0.25, 0.3) is 10.9 Å². The van der Waals surface area contributed by atoms with Crippen LogP contribution in [0.3, 0.4) is 0 Å². The first kappa shape index (κ1) is 15.0. The van der Waals surface area contributed by atoms with Crippen molar-refractivity contribution in [2.24, 2.45) is 0 Å². The van der Waals surface area contributed by atoms with E-state index >= 15 is 0 Å².